The standard InChI is InChI=1S/C24H27N3O2/c1-24(2,3)29-23(28)27-13-12-20(16-27)22-15-21(25-26-22)19-11-7-10-18(14-19)17-8-5-4-6-9-17/h4-11,14-15,20H,12-13,16H2,1-3H3,(H,25,26). The topological polar surface area (TPSA) is 58.2 Å². The number of nitrogens with zero attached hydrogens (tertiary/aromatic N) is 2. The molecule has 4 rings (SSSR count). The van der Waals surface area contributed by atoms with Gasteiger partial charge in [-0.3, -0.25) is 5.10 Å². The van der Waals surface area contributed by atoms with Crippen LogP contribution in [0.5, 0.6) is 0 Å². The van der Waals surface area contributed by atoms with E-state index in [1.807, 2.05) is 39.0 Å². The number of amides is 1. The number of nitrogens with one attached hydrogen (secondary N) is 1. The summed E-state index contributed by atoms with van der Waals surface area (Å²) in [6.45, 7) is 7.04. The van der Waals surface area contributed by atoms with E-state index in [1.165, 1.54) is 11.1 Å². The number of hydrogen-bond donors (Lipinski definition) is 1. The van der Waals surface area contributed by atoms with Gasteiger partial charge >= 0.3 is 6.09 Å². The van der Waals surface area contributed by atoms with Crippen LogP contribution in [0.25, 0.3) is 22.4 Å². The van der Waals surface area contributed by atoms with Crippen molar-refractivity contribution >= 4 is 6.09 Å². The molecule has 3 aromatic rings. The van der Waals surface area contributed by atoms with Crippen LogP contribution in [0.4, 0.5) is 4.79 Å². The Morgan fingerprint density at radius 3 is 2.52 bits per heavy atom. The molecule has 150 valence electrons. The van der Waals surface area contributed by atoms with Crippen molar-refractivity contribution in [3.63, 3.8) is 0 Å². The minimum atomic E-state index is -0.472. The van der Waals surface area contributed by atoms with E-state index in [1.54, 1.807) is 4.90 Å². The number of aromatic amines is 1. The lowest BCUT2D eigenvalue weighted by Crippen LogP contribution is -2.35. The molecule has 1 saturated heterocycles. The molecule has 5 nitrogen and oxygen atoms in total. The molecule has 0 aliphatic carbocycles. The summed E-state index contributed by atoms with van der Waals surface area (Å²) in [5.41, 5.74) is 4.96. The van der Waals surface area contributed by atoms with E-state index >= 15 is 0 Å². The molecule has 5 heteroatoms. The predicted octanol–water partition coefficient (Wildman–Crippen LogP) is 5.47. The summed E-state index contributed by atoms with van der Waals surface area (Å²) in [5.74, 6) is 0.251. The van der Waals surface area contributed by atoms with E-state index in [-0.39, 0.29) is 12.0 Å². The van der Waals surface area contributed by atoms with Gasteiger partial charge in [0, 0.05) is 30.3 Å². The Labute approximate surface area is 171 Å². The summed E-state index contributed by atoms with van der Waals surface area (Å²) in [4.78, 5) is 14.1. The van der Waals surface area contributed by atoms with Crippen molar-refractivity contribution in [3.05, 3.63) is 66.4 Å². The third-order valence-electron chi connectivity index (χ3n) is 5.14. The number of likely N-dealkylation sites (tertiary alicyclic amines) is 1. The third-order valence-corrected chi connectivity index (χ3v) is 5.14. The van der Waals surface area contributed by atoms with E-state index < -0.39 is 5.60 Å². The Morgan fingerprint density at radius 1 is 1.03 bits per heavy atom. The van der Waals surface area contributed by atoms with Gasteiger partial charge in [-0.1, -0.05) is 48.5 Å². The van der Waals surface area contributed by atoms with Crippen molar-refractivity contribution in [3.8, 4) is 22.4 Å². The monoisotopic (exact) mass is 389 g/mol. The molecule has 1 fully saturated rings. The summed E-state index contributed by atoms with van der Waals surface area (Å²) in [6.07, 6.45) is 0.667. The van der Waals surface area contributed by atoms with Gasteiger partial charge in [0.1, 0.15) is 5.60 Å². The van der Waals surface area contributed by atoms with Crippen LogP contribution in [-0.4, -0.2) is 39.9 Å². The van der Waals surface area contributed by atoms with Crippen LogP contribution in [-0.2, 0) is 4.74 Å². The second-order valence-corrected chi connectivity index (χ2v) is 8.57. The number of benzene rings is 2. The normalized spacial score (nSPS) is 16.8. The molecule has 29 heavy (non-hydrogen) atoms. The molecule has 1 atom stereocenters. The van der Waals surface area contributed by atoms with E-state index in [2.05, 4.69) is 52.7 Å². The highest BCUT2D eigenvalue weighted by molar-refractivity contribution is 5.71. The number of aromatic nitrogens is 2. The molecule has 1 unspecified atom stereocenters. The molecule has 0 saturated carbocycles. The molecular weight excluding hydrogens is 362 g/mol. The Kier molecular flexibility index (Phi) is 5.14. The van der Waals surface area contributed by atoms with Crippen molar-refractivity contribution in [2.45, 2.75) is 38.7 Å². The molecule has 0 spiro atoms. The Bertz CT molecular complexity index is 989. The van der Waals surface area contributed by atoms with Gasteiger partial charge in [-0.15, -0.1) is 0 Å². The lowest BCUT2D eigenvalue weighted by molar-refractivity contribution is 0.0292. The molecule has 0 radical (unpaired) electrons. The third kappa shape index (κ3) is 4.50. The van der Waals surface area contributed by atoms with Crippen molar-refractivity contribution in [1.29, 1.82) is 0 Å². The molecule has 1 aliphatic rings. The van der Waals surface area contributed by atoms with Gasteiger partial charge in [0.05, 0.1) is 5.69 Å². The highest BCUT2D eigenvalue weighted by Crippen LogP contribution is 2.31. The summed E-state index contributed by atoms with van der Waals surface area (Å²) < 4.78 is 5.50. The molecule has 1 N–H and O–H groups in total. The van der Waals surface area contributed by atoms with E-state index in [0.29, 0.717) is 13.1 Å². The fourth-order valence-corrected chi connectivity index (χ4v) is 3.69. The van der Waals surface area contributed by atoms with Gasteiger partial charge in [0.2, 0.25) is 0 Å². The van der Waals surface area contributed by atoms with Gasteiger partial charge < -0.3 is 9.64 Å². The largest absolute Gasteiger partial charge is 0.444 e. The quantitative estimate of drug-likeness (QED) is 0.646. The predicted molar refractivity (Wildman–Crippen MR) is 115 cm³/mol. The summed E-state index contributed by atoms with van der Waals surface area (Å²) in [7, 11) is 0. The molecule has 1 aliphatic heterocycles. The van der Waals surface area contributed by atoms with E-state index in [0.717, 1.165) is 23.4 Å². The summed E-state index contributed by atoms with van der Waals surface area (Å²) in [5, 5.41) is 7.72. The molecule has 2 heterocycles. The lowest BCUT2D eigenvalue weighted by atomic mass is 10.0. The van der Waals surface area contributed by atoms with Crippen LogP contribution in [0.15, 0.2) is 60.7 Å². The number of ether oxygens (including phenoxy) is 1. The average molecular weight is 389 g/mol. The first-order valence-electron chi connectivity index (χ1n) is 10.1. The average Bonchev–Trinajstić information content (AvgIpc) is 3.37. The first-order valence-corrected chi connectivity index (χ1v) is 10.1. The van der Waals surface area contributed by atoms with Crippen LogP contribution in [0.1, 0.15) is 38.8 Å². The Morgan fingerprint density at radius 2 is 1.76 bits per heavy atom. The van der Waals surface area contributed by atoms with Crippen LogP contribution in [0.3, 0.4) is 0 Å². The number of H-pyrrole nitrogens is 1. The fraction of sp³-hybridized carbons (Fsp3) is 0.333. The maximum Gasteiger partial charge on any atom is 0.410 e. The van der Waals surface area contributed by atoms with Gasteiger partial charge in [-0.25, -0.2) is 4.79 Å². The van der Waals surface area contributed by atoms with E-state index in [9.17, 15) is 4.79 Å². The van der Waals surface area contributed by atoms with Gasteiger partial charge in [0.15, 0.2) is 0 Å². The van der Waals surface area contributed by atoms with Crippen molar-refractivity contribution < 1.29 is 9.53 Å². The zero-order valence-electron chi connectivity index (χ0n) is 17.2. The molecular formula is C24H27N3O2. The summed E-state index contributed by atoms with van der Waals surface area (Å²) >= 11 is 0. The number of carbonyl (C=O) groups excluding carboxylic acids is 1. The highest BCUT2D eigenvalue weighted by atomic mass is 16.6. The van der Waals surface area contributed by atoms with Crippen LogP contribution in [0.2, 0.25) is 0 Å². The fourth-order valence-electron chi connectivity index (χ4n) is 3.69. The molecule has 2 aromatic carbocycles. The summed E-state index contributed by atoms with van der Waals surface area (Å²) in [6, 6.07) is 20.9. The van der Waals surface area contributed by atoms with E-state index in [4.69, 9.17) is 4.74 Å². The van der Waals surface area contributed by atoms with Gasteiger partial charge in [-0.05, 0) is 50.5 Å². The molecule has 1 aromatic heterocycles. The molecule has 0 bridgehead atoms. The maximum absolute atomic E-state index is 12.3. The lowest BCUT2D eigenvalue weighted by Gasteiger charge is -2.24. The van der Waals surface area contributed by atoms with Crippen LogP contribution in [0, 0.1) is 0 Å². The van der Waals surface area contributed by atoms with Crippen molar-refractivity contribution in [2.75, 3.05) is 13.1 Å². The molecule has 1 amide bonds. The minimum absolute atomic E-state index is 0.240. The van der Waals surface area contributed by atoms with Gasteiger partial charge in [0.25, 0.3) is 0 Å². The second kappa shape index (κ2) is 7.74. The van der Waals surface area contributed by atoms with Crippen LogP contribution >= 0.6 is 0 Å². The van der Waals surface area contributed by atoms with Crippen molar-refractivity contribution in [1.82, 2.24) is 15.1 Å². The smallest absolute Gasteiger partial charge is 0.410 e. The first kappa shape index (κ1) is 19.2. The first-order chi connectivity index (χ1) is 13.9. The second-order valence-electron chi connectivity index (χ2n) is 8.57. The van der Waals surface area contributed by atoms with Crippen LogP contribution < -0.4 is 0 Å². The minimum Gasteiger partial charge on any atom is -0.444 e. The number of hydrogen-bond acceptors (Lipinski definition) is 3. The maximum atomic E-state index is 12.3. The SMILES string of the molecule is CC(C)(C)OC(=O)N1CCC(c2cc(-c3cccc(-c4ccccc4)c3)n[nH]2)C1. The Balaban J connectivity index is 1.48. The van der Waals surface area contributed by atoms with Gasteiger partial charge in [-0.2, -0.15) is 5.10 Å². The zero-order valence-corrected chi connectivity index (χ0v) is 17.2. The zero-order chi connectivity index (χ0) is 20.4. The number of carbonyl (C=O) groups is 1. The van der Waals surface area contributed by atoms with Crippen molar-refractivity contribution in [2.24, 2.45) is 0 Å². The highest BCUT2D eigenvalue weighted by Gasteiger charge is 2.31. The number of rotatable bonds is 3. The Hall–Kier alpha value is -3.08.